The smallest absolute Gasteiger partial charge is 0.0640 e. The molecular formula is C15H13Cl4N. The highest BCUT2D eigenvalue weighted by molar-refractivity contribution is 6.42. The highest BCUT2D eigenvalue weighted by Crippen LogP contribution is 2.33. The minimum atomic E-state index is 0.0277. The third-order valence-electron chi connectivity index (χ3n) is 3.14. The number of hydrogen-bond donors (Lipinski definition) is 1. The number of halogens is 4. The molecule has 106 valence electrons. The molecule has 0 aliphatic carbocycles. The maximum Gasteiger partial charge on any atom is 0.0640 e. The second-order valence-corrected chi connectivity index (χ2v) is 6.05. The molecule has 0 heterocycles. The molecule has 0 bridgehead atoms. The van der Waals surface area contributed by atoms with Crippen LogP contribution in [-0.4, -0.2) is 7.05 Å². The van der Waals surface area contributed by atoms with E-state index in [9.17, 15) is 0 Å². The van der Waals surface area contributed by atoms with Crippen LogP contribution in [0.1, 0.15) is 17.2 Å². The summed E-state index contributed by atoms with van der Waals surface area (Å²) in [5.74, 6) is 0. The van der Waals surface area contributed by atoms with Crippen LogP contribution in [0.5, 0.6) is 0 Å². The van der Waals surface area contributed by atoms with E-state index >= 15 is 0 Å². The van der Waals surface area contributed by atoms with Gasteiger partial charge < -0.3 is 5.32 Å². The van der Waals surface area contributed by atoms with E-state index in [0.29, 0.717) is 26.5 Å². The first-order valence-corrected chi connectivity index (χ1v) is 7.59. The first kappa shape index (κ1) is 15.9. The van der Waals surface area contributed by atoms with Gasteiger partial charge in [0, 0.05) is 16.1 Å². The Balaban J connectivity index is 2.31. The molecule has 20 heavy (non-hydrogen) atoms. The molecular weight excluding hydrogens is 336 g/mol. The van der Waals surface area contributed by atoms with Crippen molar-refractivity contribution in [2.24, 2.45) is 0 Å². The maximum absolute atomic E-state index is 6.27. The van der Waals surface area contributed by atoms with Crippen molar-refractivity contribution in [1.82, 2.24) is 5.32 Å². The third-order valence-corrected chi connectivity index (χ3v) is 4.56. The topological polar surface area (TPSA) is 12.0 Å². The number of benzene rings is 2. The normalized spacial score (nSPS) is 12.4. The van der Waals surface area contributed by atoms with Crippen LogP contribution in [0.15, 0.2) is 36.4 Å². The molecule has 1 unspecified atom stereocenters. The Bertz CT molecular complexity index is 613. The van der Waals surface area contributed by atoms with Gasteiger partial charge in [0.05, 0.1) is 10.0 Å². The van der Waals surface area contributed by atoms with Crippen molar-refractivity contribution in [2.45, 2.75) is 12.5 Å². The zero-order valence-corrected chi connectivity index (χ0v) is 13.8. The van der Waals surface area contributed by atoms with E-state index in [0.717, 1.165) is 11.1 Å². The van der Waals surface area contributed by atoms with Crippen molar-refractivity contribution in [3.05, 3.63) is 67.6 Å². The number of rotatable bonds is 4. The summed E-state index contributed by atoms with van der Waals surface area (Å²) in [6, 6.07) is 11.1. The fraction of sp³-hybridized carbons (Fsp3) is 0.200. The second-order valence-electron chi connectivity index (χ2n) is 4.42. The van der Waals surface area contributed by atoms with Crippen molar-refractivity contribution in [2.75, 3.05) is 7.05 Å². The highest BCUT2D eigenvalue weighted by atomic mass is 35.5. The van der Waals surface area contributed by atoms with Crippen LogP contribution >= 0.6 is 46.4 Å². The van der Waals surface area contributed by atoms with Crippen LogP contribution in [0, 0.1) is 0 Å². The van der Waals surface area contributed by atoms with E-state index in [2.05, 4.69) is 5.32 Å². The lowest BCUT2D eigenvalue weighted by molar-refractivity contribution is 0.592. The van der Waals surface area contributed by atoms with E-state index in [1.165, 1.54) is 0 Å². The quantitative estimate of drug-likeness (QED) is 0.735. The Labute approximate surface area is 138 Å². The SMILES string of the molecule is CNC(Cc1ccc(Cl)cc1Cl)c1cccc(Cl)c1Cl. The first-order valence-electron chi connectivity index (χ1n) is 6.08. The van der Waals surface area contributed by atoms with Crippen LogP contribution < -0.4 is 5.32 Å². The zero-order chi connectivity index (χ0) is 14.7. The van der Waals surface area contributed by atoms with Crippen molar-refractivity contribution < 1.29 is 0 Å². The van der Waals surface area contributed by atoms with Gasteiger partial charge in [0.1, 0.15) is 0 Å². The van der Waals surface area contributed by atoms with Gasteiger partial charge in [-0.05, 0) is 42.8 Å². The Hall–Kier alpha value is -0.440. The minimum absolute atomic E-state index is 0.0277. The lowest BCUT2D eigenvalue weighted by Gasteiger charge is -2.19. The summed E-state index contributed by atoms with van der Waals surface area (Å²) >= 11 is 24.5. The van der Waals surface area contributed by atoms with Gasteiger partial charge in [-0.15, -0.1) is 0 Å². The molecule has 2 rings (SSSR count). The van der Waals surface area contributed by atoms with Crippen molar-refractivity contribution in [3.63, 3.8) is 0 Å². The molecule has 2 aromatic carbocycles. The van der Waals surface area contributed by atoms with Gasteiger partial charge >= 0.3 is 0 Å². The van der Waals surface area contributed by atoms with Crippen molar-refractivity contribution >= 4 is 46.4 Å². The lowest BCUT2D eigenvalue weighted by Crippen LogP contribution is -2.19. The zero-order valence-electron chi connectivity index (χ0n) is 10.8. The van der Waals surface area contributed by atoms with Gasteiger partial charge in [0.25, 0.3) is 0 Å². The predicted molar refractivity (Wildman–Crippen MR) is 88.4 cm³/mol. The summed E-state index contributed by atoms with van der Waals surface area (Å²) < 4.78 is 0. The largest absolute Gasteiger partial charge is 0.313 e. The Morgan fingerprint density at radius 3 is 2.40 bits per heavy atom. The van der Waals surface area contributed by atoms with Gasteiger partial charge in [0.15, 0.2) is 0 Å². The van der Waals surface area contributed by atoms with Gasteiger partial charge in [-0.3, -0.25) is 0 Å². The number of hydrogen-bond acceptors (Lipinski definition) is 1. The molecule has 0 saturated carbocycles. The molecule has 0 aliphatic rings. The number of nitrogens with one attached hydrogen (secondary N) is 1. The molecule has 0 amide bonds. The lowest BCUT2D eigenvalue weighted by atomic mass is 9.99. The molecule has 5 heteroatoms. The first-order chi connectivity index (χ1) is 9.52. The summed E-state index contributed by atoms with van der Waals surface area (Å²) in [6.45, 7) is 0. The monoisotopic (exact) mass is 347 g/mol. The molecule has 0 fully saturated rings. The third kappa shape index (κ3) is 3.60. The molecule has 0 radical (unpaired) electrons. The average Bonchev–Trinajstić information content (AvgIpc) is 2.42. The van der Waals surface area contributed by atoms with Gasteiger partial charge in [-0.25, -0.2) is 0 Å². The highest BCUT2D eigenvalue weighted by Gasteiger charge is 2.16. The van der Waals surface area contributed by atoms with E-state index in [4.69, 9.17) is 46.4 Å². The number of likely N-dealkylation sites (N-methyl/N-ethyl adjacent to an activating group) is 1. The van der Waals surface area contributed by atoms with E-state index < -0.39 is 0 Å². The van der Waals surface area contributed by atoms with Crippen LogP contribution in [0.4, 0.5) is 0 Å². The Morgan fingerprint density at radius 1 is 1.00 bits per heavy atom. The molecule has 0 aromatic heterocycles. The van der Waals surface area contributed by atoms with Gasteiger partial charge in [-0.2, -0.15) is 0 Å². The van der Waals surface area contributed by atoms with Crippen LogP contribution in [0.2, 0.25) is 20.1 Å². The summed E-state index contributed by atoms with van der Waals surface area (Å²) in [5.41, 5.74) is 1.96. The predicted octanol–water partition coefficient (Wildman–Crippen LogP) is 5.80. The fourth-order valence-electron chi connectivity index (χ4n) is 2.06. The van der Waals surface area contributed by atoms with E-state index in [-0.39, 0.29) is 6.04 Å². The summed E-state index contributed by atoms with van der Waals surface area (Å²) in [6.07, 6.45) is 0.701. The maximum atomic E-state index is 6.27. The van der Waals surface area contributed by atoms with Crippen molar-refractivity contribution in [1.29, 1.82) is 0 Å². The molecule has 1 nitrogen and oxygen atoms in total. The molecule has 0 spiro atoms. The van der Waals surface area contributed by atoms with Crippen molar-refractivity contribution in [3.8, 4) is 0 Å². The van der Waals surface area contributed by atoms with Gasteiger partial charge in [0.2, 0.25) is 0 Å². The van der Waals surface area contributed by atoms with Gasteiger partial charge in [-0.1, -0.05) is 64.6 Å². The summed E-state index contributed by atoms with van der Waals surface area (Å²) in [5, 5.41) is 5.63. The molecule has 2 aromatic rings. The van der Waals surface area contributed by atoms with E-state index in [1.807, 2.05) is 31.3 Å². The standard InChI is InChI=1S/C15H13Cl4N/c1-20-14(11-3-2-4-12(17)15(11)19)7-9-5-6-10(16)8-13(9)18/h2-6,8,14,20H,7H2,1H3. The second kappa shape index (κ2) is 7.02. The summed E-state index contributed by atoms with van der Waals surface area (Å²) in [7, 11) is 1.88. The van der Waals surface area contributed by atoms with Crippen LogP contribution in [-0.2, 0) is 6.42 Å². The molecule has 0 aliphatic heterocycles. The summed E-state index contributed by atoms with van der Waals surface area (Å²) in [4.78, 5) is 0. The van der Waals surface area contributed by atoms with E-state index in [1.54, 1.807) is 12.1 Å². The average molecular weight is 349 g/mol. The molecule has 0 saturated heterocycles. The molecule has 1 N–H and O–H groups in total. The molecule has 1 atom stereocenters. The van der Waals surface area contributed by atoms with Crippen LogP contribution in [0.3, 0.4) is 0 Å². The Morgan fingerprint density at radius 2 is 1.75 bits per heavy atom. The fourth-order valence-corrected chi connectivity index (χ4v) is 2.99. The van der Waals surface area contributed by atoms with Crippen LogP contribution in [0.25, 0.3) is 0 Å². The Kier molecular flexibility index (Phi) is 5.59. The minimum Gasteiger partial charge on any atom is -0.313 e.